The van der Waals surface area contributed by atoms with Crippen LogP contribution in [0.15, 0.2) is 18.6 Å². The summed E-state index contributed by atoms with van der Waals surface area (Å²) in [5, 5.41) is 6.91. The number of rotatable bonds is 4. The molecule has 1 atom stereocenters. The van der Waals surface area contributed by atoms with Gasteiger partial charge in [-0.3, -0.25) is 10.1 Å². The Balaban J connectivity index is 1.75. The third-order valence-corrected chi connectivity index (χ3v) is 5.51. The zero-order chi connectivity index (χ0) is 16.4. The lowest BCUT2D eigenvalue weighted by molar-refractivity contribution is 0.265. The van der Waals surface area contributed by atoms with Gasteiger partial charge in [0, 0.05) is 30.5 Å². The maximum Gasteiger partial charge on any atom is 0.211 e. The van der Waals surface area contributed by atoms with Crippen LogP contribution >= 0.6 is 0 Å². The lowest BCUT2D eigenvalue weighted by atomic mass is 9.95. The highest BCUT2D eigenvalue weighted by atomic mass is 32.2. The molecule has 0 bridgehead atoms. The lowest BCUT2D eigenvalue weighted by Gasteiger charge is -2.30. The molecule has 124 valence electrons. The molecule has 7 nitrogen and oxygen atoms in total. The molecule has 2 aromatic heterocycles. The fraction of sp³-hybridized carbons (Fsp3) is 0.533. The largest absolute Gasteiger partial charge is 0.282 e. The normalized spacial score (nSPS) is 19.8. The summed E-state index contributed by atoms with van der Waals surface area (Å²) in [7, 11) is -3.12. The molecular formula is C15H21N5O2S. The van der Waals surface area contributed by atoms with E-state index in [0.717, 1.165) is 41.9 Å². The molecule has 1 aliphatic rings. The second kappa shape index (κ2) is 6.37. The Morgan fingerprint density at radius 3 is 2.87 bits per heavy atom. The average molecular weight is 335 g/mol. The second-order valence-corrected chi connectivity index (χ2v) is 8.12. The van der Waals surface area contributed by atoms with Crippen molar-refractivity contribution in [2.45, 2.75) is 26.2 Å². The highest BCUT2D eigenvalue weighted by Crippen LogP contribution is 2.23. The van der Waals surface area contributed by atoms with Crippen molar-refractivity contribution in [3.8, 4) is 11.3 Å². The number of sulfonamides is 1. The molecule has 0 radical (unpaired) electrons. The van der Waals surface area contributed by atoms with E-state index < -0.39 is 10.0 Å². The smallest absolute Gasteiger partial charge is 0.211 e. The van der Waals surface area contributed by atoms with Gasteiger partial charge in [0.2, 0.25) is 10.0 Å². The van der Waals surface area contributed by atoms with Crippen molar-refractivity contribution in [2.24, 2.45) is 5.92 Å². The van der Waals surface area contributed by atoms with E-state index in [4.69, 9.17) is 0 Å². The van der Waals surface area contributed by atoms with Crippen LogP contribution in [-0.2, 0) is 16.4 Å². The molecule has 2 aromatic rings. The molecule has 1 N–H and O–H groups in total. The zero-order valence-corrected chi connectivity index (χ0v) is 14.2. The van der Waals surface area contributed by atoms with Crippen LogP contribution in [0.25, 0.3) is 11.3 Å². The van der Waals surface area contributed by atoms with Crippen molar-refractivity contribution in [2.75, 3.05) is 19.3 Å². The SMILES string of the molecule is Cc1[nH]ncc1-c1cncc(C[C@H]2CCCN(S(C)(=O)=O)C2)n1. The third kappa shape index (κ3) is 3.76. The first-order valence-corrected chi connectivity index (χ1v) is 9.54. The van der Waals surface area contributed by atoms with Gasteiger partial charge in [0.1, 0.15) is 0 Å². The number of nitrogens with zero attached hydrogens (tertiary/aromatic N) is 4. The van der Waals surface area contributed by atoms with E-state index in [1.165, 1.54) is 6.26 Å². The van der Waals surface area contributed by atoms with Crippen LogP contribution in [0.4, 0.5) is 0 Å². The molecule has 0 spiro atoms. The third-order valence-electron chi connectivity index (χ3n) is 4.24. The van der Waals surface area contributed by atoms with Gasteiger partial charge in [-0.15, -0.1) is 0 Å². The first-order valence-electron chi connectivity index (χ1n) is 7.70. The molecule has 8 heteroatoms. The Morgan fingerprint density at radius 1 is 1.35 bits per heavy atom. The van der Waals surface area contributed by atoms with Gasteiger partial charge in [-0.05, 0) is 32.1 Å². The topological polar surface area (TPSA) is 91.8 Å². The molecule has 0 amide bonds. The fourth-order valence-electron chi connectivity index (χ4n) is 3.03. The molecule has 3 rings (SSSR count). The highest BCUT2D eigenvalue weighted by molar-refractivity contribution is 7.88. The van der Waals surface area contributed by atoms with Gasteiger partial charge in [0.15, 0.2) is 0 Å². The van der Waals surface area contributed by atoms with Crippen LogP contribution in [0, 0.1) is 12.8 Å². The number of hydrogen-bond donors (Lipinski definition) is 1. The number of aromatic amines is 1. The molecule has 0 aliphatic carbocycles. The summed E-state index contributed by atoms with van der Waals surface area (Å²) in [6.45, 7) is 3.13. The predicted octanol–water partition coefficient (Wildman–Crippen LogP) is 1.39. The number of hydrogen-bond acceptors (Lipinski definition) is 5. The van der Waals surface area contributed by atoms with E-state index >= 15 is 0 Å². The van der Waals surface area contributed by atoms with E-state index in [2.05, 4.69) is 20.2 Å². The first-order chi connectivity index (χ1) is 10.9. The van der Waals surface area contributed by atoms with Crippen molar-refractivity contribution < 1.29 is 8.42 Å². The summed E-state index contributed by atoms with van der Waals surface area (Å²) < 4.78 is 25.0. The van der Waals surface area contributed by atoms with E-state index in [0.29, 0.717) is 13.1 Å². The maximum absolute atomic E-state index is 11.7. The summed E-state index contributed by atoms with van der Waals surface area (Å²) in [5.74, 6) is 0.286. The van der Waals surface area contributed by atoms with E-state index in [1.54, 1.807) is 22.9 Å². The summed E-state index contributed by atoms with van der Waals surface area (Å²) in [5.41, 5.74) is 3.59. The van der Waals surface area contributed by atoms with Crippen LogP contribution in [0.3, 0.4) is 0 Å². The number of aryl methyl sites for hydroxylation is 1. The Hall–Kier alpha value is -1.80. The van der Waals surface area contributed by atoms with E-state index in [9.17, 15) is 8.42 Å². The van der Waals surface area contributed by atoms with Crippen LogP contribution in [-0.4, -0.2) is 52.2 Å². The van der Waals surface area contributed by atoms with Crippen molar-refractivity contribution in [1.29, 1.82) is 0 Å². The van der Waals surface area contributed by atoms with Gasteiger partial charge in [0.25, 0.3) is 0 Å². The van der Waals surface area contributed by atoms with Crippen LogP contribution < -0.4 is 0 Å². The number of aromatic nitrogens is 4. The van der Waals surface area contributed by atoms with Crippen molar-refractivity contribution in [1.82, 2.24) is 24.5 Å². The van der Waals surface area contributed by atoms with Crippen LogP contribution in [0.1, 0.15) is 24.2 Å². The van der Waals surface area contributed by atoms with Crippen molar-refractivity contribution in [3.05, 3.63) is 30.0 Å². The fourth-order valence-corrected chi connectivity index (χ4v) is 3.98. The summed E-state index contributed by atoms with van der Waals surface area (Å²) in [6, 6.07) is 0. The predicted molar refractivity (Wildman–Crippen MR) is 87.2 cm³/mol. The average Bonchev–Trinajstić information content (AvgIpc) is 2.93. The van der Waals surface area contributed by atoms with Crippen molar-refractivity contribution >= 4 is 10.0 Å². The van der Waals surface area contributed by atoms with Gasteiger partial charge in [-0.2, -0.15) is 5.10 Å². The standard InChI is InChI=1S/C15H21N5O2S/c1-11-14(8-17-19-11)15-9-16-7-13(18-15)6-12-4-3-5-20(10-12)23(2,21)22/h7-9,12H,3-6,10H2,1-2H3,(H,17,19)/t12-/m1/s1. The molecule has 3 heterocycles. The Labute approximate surface area is 136 Å². The van der Waals surface area contributed by atoms with Crippen LogP contribution in [0.5, 0.6) is 0 Å². The Bertz CT molecular complexity index is 787. The van der Waals surface area contributed by atoms with Crippen molar-refractivity contribution in [3.63, 3.8) is 0 Å². The number of piperidine rings is 1. The monoisotopic (exact) mass is 335 g/mol. The van der Waals surface area contributed by atoms with E-state index in [-0.39, 0.29) is 5.92 Å². The Morgan fingerprint density at radius 2 is 2.17 bits per heavy atom. The molecule has 23 heavy (non-hydrogen) atoms. The minimum absolute atomic E-state index is 0.286. The van der Waals surface area contributed by atoms with Gasteiger partial charge >= 0.3 is 0 Å². The Kier molecular flexibility index (Phi) is 4.45. The molecule has 1 fully saturated rings. The molecule has 0 saturated carbocycles. The number of nitrogens with one attached hydrogen (secondary N) is 1. The summed E-state index contributed by atoms with van der Waals surface area (Å²) in [4.78, 5) is 8.95. The molecule has 1 saturated heterocycles. The lowest BCUT2D eigenvalue weighted by Crippen LogP contribution is -2.39. The van der Waals surface area contributed by atoms with Gasteiger partial charge in [-0.25, -0.2) is 17.7 Å². The zero-order valence-electron chi connectivity index (χ0n) is 13.4. The molecular weight excluding hydrogens is 314 g/mol. The van der Waals surface area contributed by atoms with E-state index in [1.807, 2.05) is 6.92 Å². The molecule has 0 aromatic carbocycles. The number of H-pyrrole nitrogens is 1. The summed E-state index contributed by atoms with van der Waals surface area (Å²) >= 11 is 0. The first kappa shape index (κ1) is 16.1. The molecule has 1 aliphatic heterocycles. The maximum atomic E-state index is 11.7. The highest BCUT2D eigenvalue weighted by Gasteiger charge is 2.26. The quantitative estimate of drug-likeness (QED) is 0.911. The molecule has 0 unspecified atom stereocenters. The van der Waals surface area contributed by atoms with Gasteiger partial charge in [-0.1, -0.05) is 0 Å². The summed E-state index contributed by atoms with van der Waals surface area (Å²) in [6.07, 6.45) is 9.16. The van der Waals surface area contributed by atoms with Gasteiger partial charge < -0.3 is 0 Å². The van der Waals surface area contributed by atoms with Gasteiger partial charge in [0.05, 0.1) is 30.0 Å². The second-order valence-electron chi connectivity index (χ2n) is 6.14. The van der Waals surface area contributed by atoms with Crippen LogP contribution in [0.2, 0.25) is 0 Å². The minimum atomic E-state index is -3.12. The minimum Gasteiger partial charge on any atom is -0.282 e.